The molecule has 1 aliphatic rings. The summed E-state index contributed by atoms with van der Waals surface area (Å²) in [4.78, 5) is 2.13. The molecular formula is C16H15ClFN. The molecule has 3 heteroatoms. The van der Waals surface area contributed by atoms with Gasteiger partial charge < -0.3 is 4.90 Å². The zero-order valence-corrected chi connectivity index (χ0v) is 11.3. The number of fused-ring (bicyclic) bond motifs is 2. The summed E-state index contributed by atoms with van der Waals surface area (Å²) in [6.07, 6.45) is 1.92. The molecular weight excluding hydrogens is 261 g/mol. The lowest BCUT2D eigenvalue weighted by molar-refractivity contribution is 0.627. The molecule has 0 spiro atoms. The van der Waals surface area contributed by atoms with Crippen molar-refractivity contribution < 1.29 is 4.39 Å². The van der Waals surface area contributed by atoms with E-state index in [-0.39, 0.29) is 5.82 Å². The molecule has 98 valence electrons. The number of alkyl halides is 1. The van der Waals surface area contributed by atoms with Gasteiger partial charge in [-0.05, 0) is 42.2 Å². The predicted octanol–water partition coefficient (Wildman–Crippen LogP) is 4.30. The summed E-state index contributed by atoms with van der Waals surface area (Å²) in [6, 6.07) is 13.3. The second-order valence-corrected chi connectivity index (χ2v) is 5.12. The Hall–Kier alpha value is -1.54. The molecule has 19 heavy (non-hydrogen) atoms. The van der Waals surface area contributed by atoms with Crippen molar-refractivity contribution in [1.82, 2.24) is 0 Å². The molecule has 3 rings (SSSR count). The number of aryl methyl sites for hydroxylation is 2. The Kier molecular flexibility index (Phi) is 3.43. The lowest BCUT2D eigenvalue weighted by atomic mass is 10.0. The van der Waals surface area contributed by atoms with E-state index in [4.69, 9.17) is 11.6 Å². The minimum atomic E-state index is -0.197. The Bertz CT molecular complexity index is 597. The van der Waals surface area contributed by atoms with Crippen LogP contribution < -0.4 is 4.90 Å². The third-order valence-corrected chi connectivity index (χ3v) is 3.76. The molecule has 0 atom stereocenters. The number of anilines is 2. The Balaban J connectivity index is 2.16. The van der Waals surface area contributed by atoms with Crippen LogP contribution in [0, 0.1) is 5.82 Å². The van der Waals surface area contributed by atoms with Crippen molar-refractivity contribution in [2.45, 2.75) is 12.8 Å². The quantitative estimate of drug-likeness (QED) is 0.739. The van der Waals surface area contributed by atoms with Crippen LogP contribution in [0.5, 0.6) is 0 Å². The van der Waals surface area contributed by atoms with E-state index >= 15 is 0 Å². The molecule has 2 aromatic carbocycles. The first-order valence-electron chi connectivity index (χ1n) is 6.49. The van der Waals surface area contributed by atoms with Crippen molar-refractivity contribution in [2.75, 3.05) is 17.3 Å². The van der Waals surface area contributed by atoms with E-state index in [1.54, 1.807) is 6.07 Å². The van der Waals surface area contributed by atoms with E-state index in [0.29, 0.717) is 12.4 Å². The third-order valence-electron chi connectivity index (χ3n) is 3.59. The summed E-state index contributed by atoms with van der Waals surface area (Å²) in [5, 5.41) is 0. The molecule has 0 amide bonds. The third kappa shape index (κ3) is 2.33. The Labute approximate surface area is 117 Å². The van der Waals surface area contributed by atoms with Gasteiger partial charge in [0.2, 0.25) is 0 Å². The lowest BCUT2D eigenvalue weighted by Crippen LogP contribution is -2.20. The van der Waals surface area contributed by atoms with E-state index in [1.165, 1.54) is 17.2 Å². The molecule has 0 N–H and O–H groups in total. The van der Waals surface area contributed by atoms with Gasteiger partial charge in [0.25, 0.3) is 0 Å². The molecule has 0 aromatic heterocycles. The minimum Gasteiger partial charge on any atom is -0.340 e. The van der Waals surface area contributed by atoms with E-state index in [9.17, 15) is 4.39 Å². The average Bonchev–Trinajstić information content (AvgIpc) is 2.58. The zero-order valence-electron chi connectivity index (χ0n) is 10.6. The highest BCUT2D eigenvalue weighted by molar-refractivity contribution is 6.18. The molecule has 0 saturated heterocycles. The monoisotopic (exact) mass is 275 g/mol. The van der Waals surface area contributed by atoms with Gasteiger partial charge in [0.05, 0.1) is 0 Å². The first-order valence-corrected chi connectivity index (χ1v) is 7.03. The van der Waals surface area contributed by atoms with E-state index in [0.717, 1.165) is 24.2 Å². The number of halogens is 2. The molecule has 1 nitrogen and oxygen atoms in total. The van der Waals surface area contributed by atoms with Crippen LogP contribution in [-0.2, 0) is 12.8 Å². The molecule has 0 fully saturated rings. The molecule has 0 aliphatic carbocycles. The van der Waals surface area contributed by atoms with E-state index < -0.39 is 0 Å². The van der Waals surface area contributed by atoms with Crippen molar-refractivity contribution >= 4 is 23.0 Å². The average molecular weight is 276 g/mol. The van der Waals surface area contributed by atoms with Gasteiger partial charge in [-0.2, -0.15) is 0 Å². The van der Waals surface area contributed by atoms with E-state index in [1.807, 2.05) is 18.2 Å². The Morgan fingerprint density at radius 1 is 1.00 bits per heavy atom. The number of nitrogens with zero attached hydrogens (tertiary/aromatic N) is 1. The second kappa shape index (κ2) is 5.22. The normalized spacial score (nSPS) is 13.7. The number of para-hydroxylation sites is 1. The van der Waals surface area contributed by atoms with Crippen LogP contribution in [0.4, 0.5) is 15.8 Å². The number of hydrogen-bond acceptors (Lipinski definition) is 1. The van der Waals surface area contributed by atoms with Crippen molar-refractivity contribution in [3.63, 3.8) is 0 Å². The largest absolute Gasteiger partial charge is 0.340 e. The summed E-state index contributed by atoms with van der Waals surface area (Å²) in [5.41, 5.74) is 4.57. The van der Waals surface area contributed by atoms with Crippen LogP contribution in [0.15, 0.2) is 42.5 Å². The maximum atomic E-state index is 13.6. The van der Waals surface area contributed by atoms with E-state index in [2.05, 4.69) is 17.0 Å². The van der Waals surface area contributed by atoms with Crippen LogP contribution in [0.1, 0.15) is 11.1 Å². The number of hydrogen-bond donors (Lipinski definition) is 0. The summed E-state index contributed by atoms with van der Waals surface area (Å²) in [5.74, 6) is 0.322. The zero-order chi connectivity index (χ0) is 13.2. The molecule has 0 radical (unpaired) electrons. The van der Waals surface area contributed by atoms with Gasteiger partial charge in [0.1, 0.15) is 5.82 Å². The van der Waals surface area contributed by atoms with Gasteiger partial charge in [-0.3, -0.25) is 0 Å². The number of rotatable bonds is 2. The molecule has 0 saturated carbocycles. The fourth-order valence-corrected chi connectivity index (χ4v) is 2.88. The predicted molar refractivity (Wildman–Crippen MR) is 78.0 cm³/mol. The first-order chi connectivity index (χ1) is 9.29. The molecule has 0 unspecified atom stereocenters. The second-order valence-electron chi connectivity index (χ2n) is 4.74. The highest BCUT2D eigenvalue weighted by Crippen LogP contribution is 2.36. The lowest BCUT2D eigenvalue weighted by Gasteiger charge is -2.26. The van der Waals surface area contributed by atoms with Gasteiger partial charge in [-0.15, -0.1) is 11.6 Å². The maximum Gasteiger partial charge on any atom is 0.125 e. The van der Waals surface area contributed by atoms with Crippen molar-refractivity contribution in [2.24, 2.45) is 0 Å². The number of benzene rings is 2. The summed E-state index contributed by atoms with van der Waals surface area (Å²) in [6.45, 7) is 0.690. The highest BCUT2D eigenvalue weighted by Gasteiger charge is 2.20. The fourth-order valence-electron chi connectivity index (χ4n) is 2.71. The summed E-state index contributed by atoms with van der Waals surface area (Å²) in [7, 11) is 0. The van der Waals surface area contributed by atoms with Crippen molar-refractivity contribution in [1.29, 1.82) is 0 Å². The van der Waals surface area contributed by atoms with Crippen LogP contribution in [0.25, 0.3) is 0 Å². The van der Waals surface area contributed by atoms with Crippen LogP contribution in [0.3, 0.4) is 0 Å². The Morgan fingerprint density at radius 2 is 1.74 bits per heavy atom. The van der Waals surface area contributed by atoms with Gasteiger partial charge in [0.15, 0.2) is 0 Å². The first kappa shape index (κ1) is 12.5. The maximum absolute atomic E-state index is 13.6. The molecule has 1 aliphatic heterocycles. The Morgan fingerprint density at radius 3 is 2.53 bits per heavy atom. The summed E-state index contributed by atoms with van der Waals surface area (Å²) >= 11 is 5.93. The van der Waals surface area contributed by atoms with Gasteiger partial charge >= 0.3 is 0 Å². The van der Waals surface area contributed by atoms with Gasteiger partial charge in [0, 0.05) is 23.8 Å². The van der Waals surface area contributed by atoms with Crippen molar-refractivity contribution in [3.8, 4) is 0 Å². The fraction of sp³-hybridized carbons (Fsp3) is 0.250. The van der Waals surface area contributed by atoms with Gasteiger partial charge in [-0.1, -0.05) is 24.3 Å². The highest BCUT2D eigenvalue weighted by atomic mass is 35.5. The topological polar surface area (TPSA) is 3.24 Å². The molecule has 0 bridgehead atoms. The van der Waals surface area contributed by atoms with Gasteiger partial charge in [-0.25, -0.2) is 4.39 Å². The molecule has 1 heterocycles. The standard InChI is InChI=1S/C16H15ClFN/c17-9-10-19-15-4-2-1-3-12(15)5-6-13-7-8-14(18)11-16(13)19/h1-4,7-8,11H,5-6,9-10H2. The van der Waals surface area contributed by atoms with Crippen LogP contribution in [0.2, 0.25) is 0 Å². The van der Waals surface area contributed by atoms with Crippen molar-refractivity contribution in [3.05, 3.63) is 59.4 Å². The van der Waals surface area contributed by atoms with Crippen LogP contribution >= 0.6 is 11.6 Å². The minimum absolute atomic E-state index is 0.197. The molecule has 2 aromatic rings. The smallest absolute Gasteiger partial charge is 0.125 e. The van der Waals surface area contributed by atoms with Crippen LogP contribution in [-0.4, -0.2) is 12.4 Å². The summed E-state index contributed by atoms with van der Waals surface area (Å²) < 4.78 is 13.6. The SMILES string of the molecule is Fc1ccc2c(c1)N(CCCl)c1ccccc1CC2.